The van der Waals surface area contributed by atoms with Gasteiger partial charge in [0.25, 0.3) is 0 Å². The van der Waals surface area contributed by atoms with Crippen LogP contribution in [-0.4, -0.2) is 31.9 Å². The smallest absolute Gasteiger partial charge is 0.335 e. The number of allylic oxidation sites excluding steroid dienone is 1. The van der Waals surface area contributed by atoms with Crippen molar-refractivity contribution in [3.05, 3.63) is 69.7 Å². The van der Waals surface area contributed by atoms with Gasteiger partial charge in [0.2, 0.25) is 0 Å². The number of rotatable bonds is 10. The maximum atomic E-state index is 12.0. The van der Waals surface area contributed by atoms with Gasteiger partial charge in [-0.05, 0) is 74.2 Å². The summed E-state index contributed by atoms with van der Waals surface area (Å²) in [6.45, 7) is 9.19. The van der Waals surface area contributed by atoms with Crippen LogP contribution in [0.2, 0.25) is 0 Å². The van der Waals surface area contributed by atoms with Crippen molar-refractivity contribution < 1.29 is 19.0 Å². The molecule has 0 bridgehead atoms. The average Bonchev–Trinajstić information content (AvgIpc) is 2.73. The normalized spacial score (nSPS) is 12.9. The van der Waals surface area contributed by atoms with Crippen LogP contribution < -0.4 is 4.74 Å². The molecule has 4 nitrogen and oxygen atoms in total. The molecule has 0 radical (unpaired) electrons. The molecule has 2 aromatic rings. The number of carbonyl (C=O) groups is 1. The molecule has 0 aromatic heterocycles. The summed E-state index contributed by atoms with van der Waals surface area (Å²) in [4.78, 5) is 12.0. The number of ether oxygens (including phenoxy) is 3. The second kappa shape index (κ2) is 11.8. The van der Waals surface area contributed by atoms with Crippen molar-refractivity contribution in [3.63, 3.8) is 0 Å². The van der Waals surface area contributed by atoms with Crippen LogP contribution in [0.3, 0.4) is 0 Å². The average molecular weight is 461 g/mol. The molecule has 0 aliphatic carbocycles. The van der Waals surface area contributed by atoms with Gasteiger partial charge >= 0.3 is 5.97 Å². The van der Waals surface area contributed by atoms with E-state index in [0.717, 1.165) is 15.8 Å². The van der Waals surface area contributed by atoms with Crippen LogP contribution in [0, 0.1) is 0 Å². The Morgan fingerprint density at radius 1 is 0.966 bits per heavy atom. The Hall–Kier alpha value is -2.11. The van der Waals surface area contributed by atoms with Gasteiger partial charge in [-0.2, -0.15) is 0 Å². The number of benzene rings is 2. The fraction of sp³-hybridized carbons (Fsp3) is 0.375. The predicted octanol–water partition coefficient (Wildman–Crippen LogP) is 5.83. The van der Waals surface area contributed by atoms with Crippen LogP contribution in [0.25, 0.3) is 5.57 Å². The van der Waals surface area contributed by atoms with Gasteiger partial charge in [0.15, 0.2) is 6.10 Å². The van der Waals surface area contributed by atoms with Crippen LogP contribution in [-0.2, 0) is 20.7 Å². The minimum absolute atomic E-state index is 0.321. The van der Waals surface area contributed by atoms with Gasteiger partial charge < -0.3 is 14.2 Å². The maximum Gasteiger partial charge on any atom is 0.335 e. The SMILES string of the molecule is CCOC(=O)C(Cc1ccc(OC/C(C)=C(/C)c2ccc(Br)cc2)cc1)OCC. The van der Waals surface area contributed by atoms with Gasteiger partial charge in [-0.25, -0.2) is 4.79 Å². The fourth-order valence-corrected chi connectivity index (χ4v) is 3.09. The Bertz CT molecular complexity index is 810. The second-order valence-electron chi connectivity index (χ2n) is 6.75. The lowest BCUT2D eigenvalue weighted by atomic mass is 10.0. The van der Waals surface area contributed by atoms with Gasteiger partial charge in [0.1, 0.15) is 12.4 Å². The number of carbonyl (C=O) groups excluding carboxylic acids is 1. The van der Waals surface area contributed by atoms with Crippen LogP contribution in [0.15, 0.2) is 58.6 Å². The highest BCUT2D eigenvalue weighted by atomic mass is 79.9. The summed E-state index contributed by atoms with van der Waals surface area (Å²) >= 11 is 3.46. The summed E-state index contributed by atoms with van der Waals surface area (Å²) in [5, 5.41) is 0. The number of esters is 1. The zero-order chi connectivity index (χ0) is 21.2. The third-order valence-corrected chi connectivity index (χ3v) is 5.16. The molecular formula is C24H29BrO4. The van der Waals surface area contributed by atoms with Crippen molar-refractivity contribution in [2.75, 3.05) is 19.8 Å². The number of hydrogen-bond donors (Lipinski definition) is 0. The Balaban J connectivity index is 1.96. The van der Waals surface area contributed by atoms with E-state index < -0.39 is 6.10 Å². The molecule has 5 heteroatoms. The summed E-state index contributed by atoms with van der Waals surface area (Å²) < 4.78 is 17.6. The topological polar surface area (TPSA) is 44.8 Å². The summed E-state index contributed by atoms with van der Waals surface area (Å²) in [7, 11) is 0. The van der Waals surface area contributed by atoms with Crippen LogP contribution in [0.5, 0.6) is 5.75 Å². The van der Waals surface area contributed by atoms with Crippen molar-refractivity contribution in [2.24, 2.45) is 0 Å². The predicted molar refractivity (Wildman–Crippen MR) is 120 cm³/mol. The quantitative estimate of drug-likeness (QED) is 0.418. The molecule has 29 heavy (non-hydrogen) atoms. The Morgan fingerprint density at radius 3 is 2.21 bits per heavy atom. The van der Waals surface area contributed by atoms with Crippen LogP contribution in [0.4, 0.5) is 0 Å². The summed E-state index contributed by atoms with van der Waals surface area (Å²) in [5.74, 6) is 0.472. The summed E-state index contributed by atoms with van der Waals surface area (Å²) in [6, 6.07) is 16.0. The van der Waals surface area contributed by atoms with Gasteiger partial charge in [-0.15, -0.1) is 0 Å². The molecule has 2 aromatic carbocycles. The van der Waals surface area contributed by atoms with E-state index in [1.807, 2.05) is 43.3 Å². The Morgan fingerprint density at radius 2 is 1.62 bits per heavy atom. The van der Waals surface area contributed by atoms with E-state index >= 15 is 0 Å². The van der Waals surface area contributed by atoms with E-state index in [1.54, 1.807) is 6.92 Å². The van der Waals surface area contributed by atoms with Gasteiger partial charge in [0, 0.05) is 17.5 Å². The van der Waals surface area contributed by atoms with Crippen molar-refractivity contribution in [3.8, 4) is 5.75 Å². The minimum atomic E-state index is -0.578. The highest BCUT2D eigenvalue weighted by molar-refractivity contribution is 9.10. The molecular weight excluding hydrogens is 432 g/mol. The molecule has 156 valence electrons. The first kappa shape index (κ1) is 23.2. The van der Waals surface area contributed by atoms with Crippen LogP contribution >= 0.6 is 15.9 Å². The molecule has 0 fully saturated rings. The fourth-order valence-electron chi connectivity index (χ4n) is 2.83. The van der Waals surface area contributed by atoms with Gasteiger partial charge in [-0.1, -0.05) is 40.2 Å². The molecule has 0 saturated heterocycles. The molecule has 1 atom stereocenters. The molecule has 0 aliphatic heterocycles. The van der Waals surface area contributed by atoms with E-state index in [-0.39, 0.29) is 5.97 Å². The van der Waals surface area contributed by atoms with Crippen molar-refractivity contribution >= 4 is 27.5 Å². The largest absolute Gasteiger partial charge is 0.489 e. The van der Waals surface area contributed by atoms with Crippen LogP contribution in [0.1, 0.15) is 38.8 Å². The maximum absolute atomic E-state index is 12.0. The van der Waals surface area contributed by atoms with E-state index in [0.29, 0.717) is 26.2 Å². The number of hydrogen-bond acceptors (Lipinski definition) is 4. The van der Waals surface area contributed by atoms with Gasteiger partial charge in [0.05, 0.1) is 6.61 Å². The highest BCUT2D eigenvalue weighted by Gasteiger charge is 2.20. The zero-order valence-electron chi connectivity index (χ0n) is 17.5. The monoisotopic (exact) mass is 460 g/mol. The van der Waals surface area contributed by atoms with E-state index in [2.05, 4.69) is 41.9 Å². The lowest BCUT2D eigenvalue weighted by Crippen LogP contribution is -2.28. The molecule has 0 N–H and O–H groups in total. The van der Waals surface area contributed by atoms with Crippen molar-refractivity contribution in [1.82, 2.24) is 0 Å². The summed E-state index contributed by atoms with van der Waals surface area (Å²) in [6.07, 6.45) is -0.0976. The molecule has 0 spiro atoms. The first-order valence-electron chi connectivity index (χ1n) is 9.86. The molecule has 2 rings (SSSR count). The third kappa shape index (κ3) is 7.33. The highest BCUT2D eigenvalue weighted by Crippen LogP contribution is 2.22. The molecule has 1 unspecified atom stereocenters. The molecule has 0 saturated carbocycles. The second-order valence-corrected chi connectivity index (χ2v) is 7.66. The zero-order valence-corrected chi connectivity index (χ0v) is 19.1. The summed E-state index contributed by atoms with van der Waals surface area (Å²) in [5.41, 5.74) is 4.57. The van der Waals surface area contributed by atoms with Crippen molar-refractivity contribution in [1.29, 1.82) is 0 Å². The Kier molecular flexibility index (Phi) is 9.42. The van der Waals surface area contributed by atoms with Gasteiger partial charge in [-0.3, -0.25) is 0 Å². The van der Waals surface area contributed by atoms with E-state index in [1.165, 1.54) is 16.7 Å². The Labute approximate surface area is 182 Å². The lowest BCUT2D eigenvalue weighted by Gasteiger charge is -2.16. The molecule has 0 amide bonds. The molecule has 0 heterocycles. The third-order valence-electron chi connectivity index (χ3n) is 4.63. The molecule has 0 aliphatic rings. The first-order chi connectivity index (χ1) is 13.9. The lowest BCUT2D eigenvalue weighted by molar-refractivity contribution is -0.156. The van der Waals surface area contributed by atoms with E-state index in [9.17, 15) is 4.79 Å². The van der Waals surface area contributed by atoms with Crippen molar-refractivity contribution in [2.45, 2.75) is 40.2 Å². The van der Waals surface area contributed by atoms with E-state index in [4.69, 9.17) is 14.2 Å². The minimum Gasteiger partial charge on any atom is -0.489 e. The standard InChI is InChI=1S/C24H29BrO4/c1-5-27-23(24(26)28-6-2)15-19-7-13-22(14-8-19)29-16-17(3)18(4)20-9-11-21(25)12-10-20/h7-14,23H,5-6,15-16H2,1-4H3/b18-17-. The number of halogens is 1. The first-order valence-corrected chi connectivity index (χ1v) is 10.7.